The second kappa shape index (κ2) is 9.78. The van der Waals surface area contributed by atoms with Gasteiger partial charge in [-0.1, -0.05) is 6.08 Å². The van der Waals surface area contributed by atoms with Crippen LogP contribution in [0.1, 0.15) is 30.8 Å². The lowest BCUT2D eigenvalue weighted by Gasteiger charge is -2.25. The van der Waals surface area contributed by atoms with Gasteiger partial charge in [-0.15, -0.1) is 18.3 Å². The van der Waals surface area contributed by atoms with Crippen molar-refractivity contribution in [3.63, 3.8) is 0 Å². The third-order valence-electron chi connectivity index (χ3n) is 3.87. The Morgan fingerprint density at radius 2 is 2.22 bits per heavy atom. The van der Waals surface area contributed by atoms with Crippen LogP contribution < -0.4 is 0 Å². The highest BCUT2D eigenvalue weighted by Crippen LogP contribution is 2.19. The molecule has 1 rings (SSSR count). The lowest BCUT2D eigenvalue weighted by atomic mass is 10.1. The molecule has 0 bridgehead atoms. The third kappa shape index (κ3) is 5.39. The second-order valence-electron chi connectivity index (χ2n) is 5.48. The molecule has 0 aromatic carbocycles. The Balaban J connectivity index is 2.92. The molecule has 1 aromatic rings. The van der Waals surface area contributed by atoms with Gasteiger partial charge in [0.25, 0.3) is 0 Å². The molecule has 1 heterocycles. The maximum Gasteiger partial charge on any atom is 0.235 e. The molecule has 0 aliphatic rings. The maximum atomic E-state index is 12.7. The first-order valence-electron chi connectivity index (χ1n) is 7.99. The molecule has 0 saturated carbocycles. The molecular formula is C17H29N3O2S. The monoisotopic (exact) mass is 339 g/mol. The standard InChI is InChI=1S/C17H29N3O2S/c1-7-11-23-15(5)17(21)19(9-10-22-6)12-16-13(3)18-20(8-2)14(16)4/h7,15H,1,8-12H2,2-6H3. The normalized spacial score (nSPS) is 12.2. The molecule has 1 atom stereocenters. The summed E-state index contributed by atoms with van der Waals surface area (Å²) < 4.78 is 7.16. The van der Waals surface area contributed by atoms with E-state index in [2.05, 4.69) is 25.5 Å². The van der Waals surface area contributed by atoms with Crippen LogP contribution in [0.5, 0.6) is 0 Å². The van der Waals surface area contributed by atoms with E-state index in [9.17, 15) is 4.79 Å². The highest BCUT2D eigenvalue weighted by molar-refractivity contribution is 8.00. The second-order valence-corrected chi connectivity index (χ2v) is 6.86. The van der Waals surface area contributed by atoms with Crippen molar-refractivity contribution in [2.45, 2.75) is 46.0 Å². The van der Waals surface area contributed by atoms with E-state index in [1.165, 1.54) is 0 Å². The summed E-state index contributed by atoms with van der Waals surface area (Å²) in [6, 6.07) is 0. The highest BCUT2D eigenvalue weighted by Gasteiger charge is 2.23. The third-order valence-corrected chi connectivity index (χ3v) is 5.00. The summed E-state index contributed by atoms with van der Waals surface area (Å²) in [6.07, 6.45) is 1.83. The number of aromatic nitrogens is 2. The number of carbonyl (C=O) groups excluding carboxylic acids is 1. The number of rotatable bonds is 10. The zero-order valence-electron chi connectivity index (χ0n) is 15.0. The maximum absolute atomic E-state index is 12.7. The number of amides is 1. The van der Waals surface area contributed by atoms with E-state index >= 15 is 0 Å². The molecule has 0 spiro atoms. The van der Waals surface area contributed by atoms with Crippen LogP contribution in [-0.4, -0.2) is 51.9 Å². The molecule has 5 nitrogen and oxygen atoms in total. The zero-order valence-corrected chi connectivity index (χ0v) is 15.8. The number of hydrogen-bond donors (Lipinski definition) is 0. The molecule has 0 fully saturated rings. The van der Waals surface area contributed by atoms with Crippen molar-refractivity contribution in [2.24, 2.45) is 0 Å². The van der Waals surface area contributed by atoms with E-state index in [1.54, 1.807) is 18.9 Å². The van der Waals surface area contributed by atoms with E-state index in [-0.39, 0.29) is 11.2 Å². The summed E-state index contributed by atoms with van der Waals surface area (Å²) >= 11 is 1.60. The molecule has 1 aromatic heterocycles. The van der Waals surface area contributed by atoms with Gasteiger partial charge in [-0.25, -0.2) is 0 Å². The van der Waals surface area contributed by atoms with Gasteiger partial charge in [0.2, 0.25) is 5.91 Å². The van der Waals surface area contributed by atoms with Crippen molar-refractivity contribution in [3.05, 3.63) is 29.6 Å². The molecule has 0 aliphatic heterocycles. The Morgan fingerprint density at radius 3 is 2.74 bits per heavy atom. The Hall–Kier alpha value is -1.27. The molecule has 23 heavy (non-hydrogen) atoms. The van der Waals surface area contributed by atoms with Crippen LogP contribution in [0.2, 0.25) is 0 Å². The van der Waals surface area contributed by atoms with Crippen LogP contribution in [0, 0.1) is 13.8 Å². The van der Waals surface area contributed by atoms with Crippen LogP contribution in [0.3, 0.4) is 0 Å². The molecule has 130 valence electrons. The van der Waals surface area contributed by atoms with E-state index in [1.807, 2.05) is 29.5 Å². The molecule has 0 aliphatic carbocycles. The number of thioether (sulfide) groups is 1. The first kappa shape index (κ1) is 19.8. The van der Waals surface area contributed by atoms with Gasteiger partial charge in [-0.2, -0.15) is 5.10 Å². The molecule has 0 radical (unpaired) electrons. The van der Waals surface area contributed by atoms with Gasteiger partial charge in [0, 0.05) is 43.8 Å². The van der Waals surface area contributed by atoms with Crippen molar-refractivity contribution < 1.29 is 9.53 Å². The van der Waals surface area contributed by atoms with Crippen LogP contribution in [0.4, 0.5) is 0 Å². The van der Waals surface area contributed by atoms with Crippen molar-refractivity contribution in [1.82, 2.24) is 14.7 Å². The Morgan fingerprint density at radius 1 is 1.52 bits per heavy atom. The number of aryl methyl sites for hydroxylation is 2. The summed E-state index contributed by atoms with van der Waals surface area (Å²) in [7, 11) is 1.66. The summed E-state index contributed by atoms with van der Waals surface area (Å²) in [4.78, 5) is 14.6. The molecular weight excluding hydrogens is 310 g/mol. The van der Waals surface area contributed by atoms with Crippen LogP contribution in [0.25, 0.3) is 0 Å². The predicted octanol–water partition coefficient (Wildman–Crippen LogP) is 2.80. The number of carbonyl (C=O) groups is 1. The highest BCUT2D eigenvalue weighted by atomic mass is 32.2. The fourth-order valence-electron chi connectivity index (χ4n) is 2.47. The van der Waals surface area contributed by atoms with Crippen molar-refractivity contribution in [1.29, 1.82) is 0 Å². The van der Waals surface area contributed by atoms with E-state index < -0.39 is 0 Å². The van der Waals surface area contributed by atoms with Crippen molar-refractivity contribution in [2.75, 3.05) is 26.0 Å². The SMILES string of the molecule is C=CCSC(C)C(=O)N(CCOC)Cc1c(C)nn(CC)c1C. The zero-order chi connectivity index (χ0) is 17.4. The Kier molecular flexibility index (Phi) is 8.41. The van der Waals surface area contributed by atoms with E-state index in [4.69, 9.17) is 4.74 Å². The summed E-state index contributed by atoms with van der Waals surface area (Å²) in [6.45, 7) is 14.3. The summed E-state index contributed by atoms with van der Waals surface area (Å²) in [5, 5.41) is 4.45. The molecule has 1 unspecified atom stereocenters. The molecule has 0 saturated heterocycles. The first-order valence-corrected chi connectivity index (χ1v) is 9.04. The van der Waals surface area contributed by atoms with Gasteiger partial charge in [-0.05, 0) is 27.7 Å². The van der Waals surface area contributed by atoms with Gasteiger partial charge >= 0.3 is 0 Å². The average molecular weight is 340 g/mol. The number of hydrogen-bond acceptors (Lipinski definition) is 4. The minimum absolute atomic E-state index is 0.0910. The number of ether oxygens (including phenoxy) is 1. The van der Waals surface area contributed by atoms with E-state index in [0.29, 0.717) is 19.7 Å². The van der Waals surface area contributed by atoms with Gasteiger partial charge in [0.1, 0.15) is 0 Å². The first-order chi connectivity index (χ1) is 11.0. The lowest BCUT2D eigenvalue weighted by molar-refractivity contribution is -0.131. The minimum atomic E-state index is -0.0910. The van der Waals surface area contributed by atoms with Crippen molar-refractivity contribution in [3.8, 4) is 0 Å². The Bertz CT molecular complexity index is 528. The van der Waals surface area contributed by atoms with Crippen LogP contribution >= 0.6 is 11.8 Å². The quantitative estimate of drug-likeness (QED) is 0.615. The summed E-state index contributed by atoms with van der Waals surface area (Å²) in [5.74, 6) is 0.911. The lowest BCUT2D eigenvalue weighted by Crippen LogP contribution is -2.38. The van der Waals surface area contributed by atoms with Crippen molar-refractivity contribution >= 4 is 17.7 Å². The van der Waals surface area contributed by atoms with Gasteiger partial charge < -0.3 is 9.64 Å². The predicted molar refractivity (Wildman–Crippen MR) is 96.8 cm³/mol. The van der Waals surface area contributed by atoms with Crippen LogP contribution in [0.15, 0.2) is 12.7 Å². The fourth-order valence-corrected chi connectivity index (χ4v) is 3.19. The molecule has 6 heteroatoms. The number of nitrogens with zero attached hydrogens (tertiary/aromatic N) is 3. The topological polar surface area (TPSA) is 47.4 Å². The average Bonchev–Trinajstić information content (AvgIpc) is 2.82. The van der Waals surface area contributed by atoms with Crippen LogP contribution in [-0.2, 0) is 22.6 Å². The number of methoxy groups -OCH3 is 1. The smallest absolute Gasteiger partial charge is 0.235 e. The molecule has 1 amide bonds. The minimum Gasteiger partial charge on any atom is -0.383 e. The summed E-state index contributed by atoms with van der Waals surface area (Å²) in [5.41, 5.74) is 3.26. The molecule has 0 N–H and O–H groups in total. The largest absolute Gasteiger partial charge is 0.383 e. The van der Waals surface area contributed by atoms with Gasteiger partial charge in [-0.3, -0.25) is 9.48 Å². The van der Waals surface area contributed by atoms with Gasteiger partial charge in [0.05, 0.1) is 17.6 Å². The van der Waals surface area contributed by atoms with Gasteiger partial charge in [0.15, 0.2) is 0 Å². The fraction of sp³-hybridized carbons (Fsp3) is 0.647. The van der Waals surface area contributed by atoms with E-state index in [0.717, 1.165) is 29.2 Å². The Labute approximate surface area is 144 Å².